The lowest BCUT2D eigenvalue weighted by molar-refractivity contribution is -0.130. The van der Waals surface area contributed by atoms with Crippen LogP contribution in [0.15, 0.2) is 11.2 Å². The molecule has 0 radical (unpaired) electrons. The second-order valence-corrected chi connectivity index (χ2v) is 6.98. The Labute approximate surface area is 134 Å². The number of likely N-dealkylation sites (tertiary alicyclic amines) is 1. The van der Waals surface area contributed by atoms with Gasteiger partial charge < -0.3 is 4.90 Å². The molecule has 0 aromatic carbocycles. The molecule has 22 heavy (non-hydrogen) atoms. The zero-order valence-corrected chi connectivity index (χ0v) is 14.1. The summed E-state index contributed by atoms with van der Waals surface area (Å²) in [5.74, 6) is 1.79. The number of carbonyl (C=O) groups excluding carboxylic acids is 1. The molecule has 1 amide bonds. The van der Waals surface area contributed by atoms with Gasteiger partial charge in [-0.15, -0.1) is 10.2 Å². The van der Waals surface area contributed by atoms with Crippen LogP contribution in [0.3, 0.4) is 0 Å². The Morgan fingerprint density at radius 3 is 3.00 bits per heavy atom. The van der Waals surface area contributed by atoms with Gasteiger partial charge in [0.15, 0.2) is 5.16 Å². The van der Waals surface area contributed by atoms with Crippen molar-refractivity contribution < 1.29 is 4.79 Å². The molecule has 0 bridgehead atoms. The molecule has 0 saturated carbocycles. The second kappa shape index (κ2) is 6.24. The standard InChI is InChI=1S/C15H21N5OS/c1-10-5-4-6-19(8-10)13(21)9-22-15-18-17-14-16-11(2)7-12(3)20(14)15/h7,10H,4-6,8-9H2,1-3H3. The molecule has 6 nitrogen and oxygen atoms in total. The van der Waals surface area contributed by atoms with E-state index in [2.05, 4.69) is 22.1 Å². The molecule has 1 fully saturated rings. The van der Waals surface area contributed by atoms with Crippen LogP contribution in [-0.2, 0) is 4.79 Å². The van der Waals surface area contributed by atoms with Crippen molar-refractivity contribution in [1.82, 2.24) is 24.5 Å². The first-order valence-electron chi connectivity index (χ1n) is 7.64. The van der Waals surface area contributed by atoms with Crippen LogP contribution in [0.2, 0.25) is 0 Å². The van der Waals surface area contributed by atoms with Crippen molar-refractivity contribution in [3.63, 3.8) is 0 Å². The van der Waals surface area contributed by atoms with Gasteiger partial charge in [0.25, 0.3) is 5.78 Å². The van der Waals surface area contributed by atoms with E-state index in [1.54, 1.807) is 0 Å². The molecule has 2 aromatic heterocycles. The molecule has 0 aliphatic carbocycles. The number of hydrogen-bond donors (Lipinski definition) is 0. The molecule has 3 rings (SSSR count). The van der Waals surface area contributed by atoms with E-state index in [1.807, 2.05) is 29.2 Å². The number of thioether (sulfide) groups is 1. The maximum Gasteiger partial charge on any atom is 0.256 e. The molecule has 0 N–H and O–H groups in total. The summed E-state index contributed by atoms with van der Waals surface area (Å²) in [5.41, 5.74) is 1.96. The Balaban J connectivity index is 1.70. The average Bonchev–Trinajstić information content (AvgIpc) is 2.88. The number of hydrogen-bond acceptors (Lipinski definition) is 5. The highest BCUT2D eigenvalue weighted by atomic mass is 32.2. The zero-order valence-electron chi connectivity index (χ0n) is 13.2. The minimum Gasteiger partial charge on any atom is -0.342 e. The smallest absolute Gasteiger partial charge is 0.256 e. The van der Waals surface area contributed by atoms with E-state index < -0.39 is 0 Å². The Morgan fingerprint density at radius 1 is 1.41 bits per heavy atom. The number of piperidine rings is 1. The summed E-state index contributed by atoms with van der Waals surface area (Å²) in [7, 11) is 0. The van der Waals surface area contributed by atoms with E-state index in [0.29, 0.717) is 17.4 Å². The molecule has 3 heterocycles. The van der Waals surface area contributed by atoms with Gasteiger partial charge in [0.2, 0.25) is 5.91 Å². The summed E-state index contributed by atoms with van der Waals surface area (Å²) in [6, 6.07) is 1.99. The average molecular weight is 319 g/mol. The van der Waals surface area contributed by atoms with E-state index in [4.69, 9.17) is 0 Å². The van der Waals surface area contributed by atoms with Crippen molar-refractivity contribution >= 4 is 23.4 Å². The van der Waals surface area contributed by atoms with Gasteiger partial charge in [-0.2, -0.15) is 0 Å². The summed E-state index contributed by atoms with van der Waals surface area (Å²) in [6.07, 6.45) is 2.32. The number of carbonyl (C=O) groups is 1. The summed E-state index contributed by atoms with van der Waals surface area (Å²) in [4.78, 5) is 18.7. The molecule has 1 aliphatic rings. The van der Waals surface area contributed by atoms with Crippen molar-refractivity contribution in [2.45, 2.75) is 38.8 Å². The number of nitrogens with zero attached hydrogens (tertiary/aromatic N) is 5. The monoisotopic (exact) mass is 319 g/mol. The van der Waals surface area contributed by atoms with Crippen LogP contribution in [0.1, 0.15) is 31.2 Å². The van der Waals surface area contributed by atoms with Gasteiger partial charge in [-0.1, -0.05) is 18.7 Å². The molecule has 1 atom stereocenters. The minimum atomic E-state index is 0.186. The van der Waals surface area contributed by atoms with Crippen LogP contribution >= 0.6 is 11.8 Å². The van der Waals surface area contributed by atoms with Crippen molar-refractivity contribution in [3.8, 4) is 0 Å². The number of fused-ring (bicyclic) bond motifs is 1. The van der Waals surface area contributed by atoms with Gasteiger partial charge >= 0.3 is 0 Å². The Hall–Kier alpha value is -1.63. The first kappa shape index (κ1) is 15.3. The molecule has 1 aliphatic heterocycles. The van der Waals surface area contributed by atoms with Gasteiger partial charge in [0, 0.05) is 24.5 Å². The molecule has 1 saturated heterocycles. The Morgan fingerprint density at radius 2 is 2.23 bits per heavy atom. The number of aryl methyl sites for hydroxylation is 2. The van der Waals surface area contributed by atoms with E-state index in [-0.39, 0.29) is 5.91 Å². The van der Waals surface area contributed by atoms with Crippen LogP contribution in [0.4, 0.5) is 0 Å². The third-order valence-corrected chi connectivity index (χ3v) is 4.91. The molecule has 2 aromatic rings. The van der Waals surface area contributed by atoms with Crippen molar-refractivity contribution in [1.29, 1.82) is 0 Å². The predicted octanol–water partition coefficient (Wildman–Crippen LogP) is 2.09. The summed E-state index contributed by atoms with van der Waals surface area (Å²) >= 11 is 1.44. The highest BCUT2D eigenvalue weighted by molar-refractivity contribution is 7.99. The fourth-order valence-electron chi connectivity index (χ4n) is 2.93. The predicted molar refractivity (Wildman–Crippen MR) is 86.0 cm³/mol. The van der Waals surface area contributed by atoms with Crippen LogP contribution in [0.5, 0.6) is 0 Å². The molecule has 0 spiro atoms. The van der Waals surface area contributed by atoms with Crippen molar-refractivity contribution in [3.05, 3.63) is 17.5 Å². The topological polar surface area (TPSA) is 63.4 Å². The van der Waals surface area contributed by atoms with Gasteiger partial charge in [-0.25, -0.2) is 4.98 Å². The third-order valence-electron chi connectivity index (χ3n) is 4.00. The van der Waals surface area contributed by atoms with Crippen LogP contribution in [0.25, 0.3) is 5.78 Å². The minimum absolute atomic E-state index is 0.186. The normalized spacial score (nSPS) is 18.9. The number of amides is 1. The second-order valence-electron chi connectivity index (χ2n) is 6.03. The maximum atomic E-state index is 12.3. The highest BCUT2D eigenvalue weighted by Gasteiger charge is 2.21. The SMILES string of the molecule is Cc1cc(C)n2c(SCC(=O)N3CCCC(C)C3)nnc2n1. The molecule has 1 unspecified atom stereocenters. The largest absolute Gasteiger partial charge is 0.342 e. The van der Waals surface area contributed by atoms with Crippen LogP contribution < -0.4 is 0 Å². The highest BCUT2D eigenvalue weighted by Crippen LogP contribution is 2.21. The molecule has 7 heteroatoms. The first-order valence-corrected chi connectivity index (χ1v) is 8.63. The van der Waals surface area contributed by atoms with Gasteiger partial charge in [-0.3, -0.25) is 9.20 Å². The number of aromatic nitrogens is 4. The quantitative estimate of drug-likeness (QED) is 0.811. The Kier molecular flexibility index (Phi) is 4.33. The lowest BCUT2D eigenvalue weighted by Gasteiger charge is -2.30. The van der Waals surface area contributed by atoms with E-state index in [0.717, 1.165) is 36.1 Å². The lowest BCUT2D eigenvalue weighted by atomic mass is 10.0. The lowest BCUT2D eigenvalue weighted by Crippen LogP contribution is -2.40. The van der Waals surface area contributed by atoms with E-state index in [9.17, 15) is 4.79 Å². The first-order chi connectivity index (χ1) is 10.5. The Bertz CT molecular complexity index is 699. The van der Waals surface area contributed by atoms with Gasteiger partial charge in [0.05, 0.1) is 5.75 Å². The van der Waals surface area contributed by atoms with Crippen LogP contribution in [0, 0.1) is 19.8 Å². The fraction of sp³-hybridized carbons (Fsp3) is 0.600. The van der Waals surface area contributed by atoms with Gasteiger partial charge in [-0.05, 0) is 38.7 Å². The zero-order chi connectivity index (χ0) is 15.7. The van der Waals surface area contributed by atoms with Gasteiger partial charge in [0.1, 0.15) is 0 Å². The number of rotatable bonds is 3. The van der Waals surface area contributed by atoms with Crippen molar-refractivity contribution in [2.24, 2.45) is 5.92 Å². The molecular formula is C15H21N5OS. The summed E-state index contributed by atoms with van der Waals surface area (Å²) < 4.78 is 1.91. The van der Waals surface area contributed by atoms with E-state index >= 15 is 0 Å². The molecular weight excluding hydrogens is 298 g/mol. The third kappa shape index (κ3) is 3.09. The van der Waals surface area contributed by atoms with E-state index in [1.165, 1.54) is 18.2 Å². The molecule has 118 valence electrons. The fourth-order valence-corrected chi connectivity index (χ4v) is 3.82. The van der Waals surface area contributed by atoms with Crippen molar-refractivity contribution in [2.75, 3.05) is 18.8 Å². The maximum absolute atomic E-state index is 12.3. The summed E-state index contributed by atoms with van der Waals surface area (Å²) in [6.45, 7) is 7.90. The summed E-state index contributed by atoms with van der Waals surface area (Å²) in [5, 5.41) is 9.01. The van der Waals surface area contributed by atoms with Crippen LogP contribution in [-0.4, -0.2) is 49.2 Å².